The topological polar surface area (TPSA) is 93.3 Å². The van der Waals surface area contributed by atoms with Gasteiger partial charge in [0.25, 0.3) is 0 Å². The van der Waals surface area contributed by atoms with Gasteiger partial charge in [-0.05, 0) is 12.1 Å². The maximum absolute atomic E-state index is 12.3. The molecule has 0 radical (unpaired) electrons. The van der Waals surface area contributed by atoms with E-state index < -0.39 is 10.0 Å². The molecule has 0 spiro atoms. The predicted molar refractivity (Wildman–Crippen MR) is 77.0 cm³/mol. The number of imidazole rings is 1. The maximum Gasteiger partial charge on any atom is 0.244 e. The van der Waals surface area contributed by atoms with Crippen molar-refractivity contribution in [3.05, 3.63) is 36.4 Å². The Balaban J connectivity index is 2.14. The lowest BCUT2D eigenvalue weighted by molar-refractivity contribution is 0.392. The summed E-state index contributed by atoms with van der Waals surface area (Å²) in [4.78, 5) is 6.99. The van der Waals surface area contributed by atoms with Crippen LogP contribution in [0.5, 0.6) is 11.5 Å². The zero-order chi connectivity index (χ0) is 15.3. The predicted octanol–water partition coefficient (Wildman–Crippen LogP) is 0.948. The fourth-order valence-electron chi connectivity index (χ4n) is 1.81. The van der Waals surface area contributed by atoms with Gasteiger partial charge in [0, 0.05) is 31.4 Å². The molecule has 1 aromatic heterocycles. The molecule has 0 amide bonds. The molecule has 0 unspecified atom stereocenters. The monoisotopic (exact) mass is 311 g/mol. The van der Waals surface area contributed by atoms with Crippen molar-refractivity contribution in [2.45, 2.75) is 11.3 Å². The van der Waals surface area contributed by atoms with E-state index in [-0.39, 0.29) is 17.2 Å². The van der Waals surface area contributed by atoms with Crippen LogP contribution in [0.1, 0.15) is 5.82 Å². The van der Waals surface area contributed by atoms with Crippen molar-refractivity contribution in [2.75, 3.05) is 20.8 Å². The van der Waals surface area contributed by atoms with Crippen molar-refractivity contribution in [3.8, 4) is 11.5 Å². The summed E-state index contributed by atoms with van der Waals surface area (Å²) < 4.78 is 37.3. The van der Waals surface area contributed by atoms with Gasteiger partial charge in [-0.2, -0.15) is 0 Å². The Hall–Kier alpha value is -2.06. The Kier molecular flexibility index (Phi) is 4.81. The van der Waals surface area contributed by atoms with E-state index in [1.54, 1.807) is 24.5 Å². The van der Waals surface area contributed by atoms with Crippen LogP contribution in [0.4, 0.5) is 0 Å². The van der Waals surface area contributed by atoms with Gasteiger partial charge < -0.3 is 14.5 Å². The molecule has 2 N–H and O–H groups in total. The van der Waals surface area contributed by atoms with E-state index >= 15 is 0 Å². The number of rotatable bonds is 7. The lowest BCUT2D eigenvalue weighted by Crippen LogP contribution is -2.26. The van der Waals surface area contributed by atoms with Gasteiger partial charge in [0.1, 0.15) is 22.2 Å². The van der Waals surface area contributed by atoms with E-state index in [4.69, 9.17) is 9.47 Å². The molecule has 1 heterocycles. The third-order valence-corrected chi connectivity index (χ3v) is 4.35. The first-order valence-electron chi connectivity index (χ1n) is 6.27. The van der Waals surface area contributed by atoms with Gasteiger partial charge in [0.15, 0.2) is 0 Å². The third-order valence-electron chi connectivity index (χ3n) is 2.87. The number of hydrogen-bond acceptors (Lipinski definition) is 5. The lowest BCUT2D eigenvalue weighted by Gasteiger charge is -2.11. The Bertz CT molecular complexity index is 683. The number of ether oxygens (including phenoxy) is 2. The Labute approximate surface area is 123 Å². The van der Waals surface area contributed by atoms with Crippen molar-refractivity contribution in [2.24, 2.45) is 0 Å². The number of sulfonamides is 1. The number of aromatic amines is 1. The lowest BCUT2D eigenvalue weighted by atomic mass is 10.3. The fourth-order valence-corrected chi connectivity index (χ4v) is 3.02. The van der Waals surface area contributed by atoms with Gasteiger partial charge >= 0.3 is 0 Å². The molecule has 0 aliphatic rings. The summed E-state index contributed by atoms with van der Waals surface area (Å²) >= 11 is 0. The molecule has 114 valence electrons. The highest BCUT2D eigenvalue weighted by Gasteiger charge is 2.20. The molecule has 2 rings (SSSR count). The van der Waals surface area contributed by atoms with Crippen LogP contribution in [0, 0.1) is 0 Å². The molecule has 0 bridgehead atoms. The average Bonchev–Trinajstić information content (AvgIpc) is 2.99. The minimum atomic E-state index is -3.69. The smallest absolute Gasteiger partial charge is 0.244 e. The first kappa shape index (κ1) is 15.3. The van der Waals surface area contributed by atoms with Crippen LogP contribution in [0.3, 0.4) is 0 Å². The van der Waals surface area contributed by atoms with Gasteiger partial charge in [0.2, 0.25) is 10.0 Å². The molecular formula is C13H17N3O4S. The third kappa shape index (κ3) is 3.73. The van der Waals surface area contributed by atoms with Crippen LogP contribution in [-0.4, -0.2) is 39.2 Å². The highest BCUT2D eigenvalue weighted by molar-refractivity contribution is 7.89. The first-order chi connectivity index (χ1) is 10.1. The van der Waals surface area contributed by atoms with Gasteiger partial charge in [-0.25, -0.2) is 18.1 Å². The summed E-state index contributed by atoms with van der Waals surface area (Å²) in [6, 6.07) is 4.62. The molecule has 0 saturated heterocycles. The number of nitrogens with zero attached hydrogens (tertiary/aromatic N) is 1. The highest BCUT2D eigenvalue weighted by atomic mass is 32.2. The van der Waals surface area contributed by atoms with Crippen molar-refractivity contribution in [1.82, 2.24) is 14.7 Å². The van der Waals surface area contributed by atoms with E-state index in [9.17, 15) is 8.42 Å². The molecule has 1 aromatic carbocycles. The summed E-state index contributed by atoms with van der Waals surface area (Å²) in [5, 5.41) is 0. The van der Waals surface area contributed by atoms with E-state index in [0.29, 0.717) is 12.2 Å². The van der Waals surface area contributed by atoms with Crippen LogP contribution in [0.2, 0.25) is 0 Å². The highest BCUT2D eigenvalue weighted by Crippen LogP contribution is 2.27. The Morgan fingerprint density at radius 3 is 2.71 bits per heavy atom. The van der Waals surface area contributed by atoms with Crippen molar-refractivity contribution in [3.63, 3.8) is 0 Å². The Morgan fingerprint density at radius 1 is 1.29 bits per heavy atom. The molecule has 8 heteroatoms. The molecule has 0 saturated carbocycles. The number of hydrogen-bond donors (Lipinski definition) is 2. The van der Waals surface area contributed by atoms with Crippen LogP contribution in [0.15, 0.2) is 35.5 Å². The van der Waals surface area contributed by atoms with Gasteiger partial charge in [-0.15, -0.1) is 0 Å². The molecule has 0 atom stereocenters. The SMILES string of the molecule is COc1ccc(OC)c(S(=O)(=O)NCCc2ncc[nH]2)c1. The summed E-state index contributed by atoms with van der Waals surface area (Å²) in [6.45, 7) is 0.232. The van der Waals surface area contributed by atoms with Crippen LogP contribution in [-0.2, 0) is 16.4 Å². The molecule has 2 aromatic rings. The summed E-state index contributed by atoms with van der Waals surface area (Å²) in [7, 11) is -0.790. The average molecular weight is 311 g/mol. The zero-order valence-corrected chi connectivity index (χ0v) is 12.6. The summed E-state index contributed by atoms with van der Waals surface area (Å²) in [6.07, 6.45) is 3.78. The minimum Gasteiger partial charge on any atom is -0.497 e. The number of methoxy groups -OCH3 is 2. The summed E-state index contributed by atoms with van der Waals surface area (Å²) in [5.41, 5.74) is 0. The largest absolute Gasteiger partial charge is 0.497 e. The number of benzene rings is 1. The molecule has 0 fully saturated rings. The molecule has 0 aliphatic heterocycles. The second-order valence-electron chi connectivity index (χ2n) is 4.20. The normalized spacial score (nSPS) is 11.3. The maximum atomic E-state index is 12.3. The van der Waals surface area contributed by atoms with E-state index in [1.807, 2.05) is 0 Å². The number of aromatic nitrogens is 2. The molecule has 0 aliphatic carbocycles. The van der Waals surface area contributed by atoms with Crippen LogP contribution >= 0.6 is 0 Å². The molecule has 21 heavy (non-hydrogen) atoms. The van der Waals surface area contributed by atoms with E-state index in [1.165, 1.54) is 20.3 Å². The summed E-state index contributed by atoms with van der Waals surface area (Å²) in [5.74, 6) is 1.43. The Morgan fingerprint density at radius 2 is 2.10 bits per heavy atom. The van der Waals surface area contributed by atoms with Crippen LogP contribution < -0.4 is 14.2 Å². The quantitative estimate of drug-likeness (QED) is 0.794. The number of H-pyrrole nitrogens is 1. The van der Waals surface area contributed by atoms with Crippen molar-refractivity contribution in [1.29, 1.82) is 0 Å². The standard InChI is InChI=1S/C13H17N3O4S/c1-19-10-3-4-11(20-2)12(9-10)21(17,18)16-6-5-13-14-7-8-15-13/h3-4,7-9,16H,5-6H2,1-2H3,(H,14,15). The minimum absolute atomic E-state index is 0.0452. The van der Waals surface area contributed by atoms with E-state index in [2.05, 4.69) is 14.7 Å². The first-order valence-corrected chi connectivity index (χ1v) is 7.75. The number of nitrogens with one attached hydrogen (secondary N) is 2. The van der Waals surface area contributed by atoms with Gasteiger partial charge in [0.05, 0.1) is 14.2 Å². The second kappa shape index (κ2) is 6.59. The van der Waals surface area contributed by atoms with Crippen molar-refractivity contribution < 1.29 is 17.9 Å². The molecular weight excluding hydrogens is 294 g/mol. The van der Waals surface area contributed by atoms with Crippen LogP contribution in [0.25, 0.3) is 0 Å². The molecule has 7 nitrogen and oxygen atoms in total. The van der Waals surface area contributed by atoms with Gasteiger partial charge in [-0.1, -0.05) is 0 Å². The van der Waals surface area contributed by atoms with Crippen molar-refractivity contribution >= 4 is 10.0 Å². The van der Waals surface area contributed by atoms with E-state index in [0.717, 1.165) is 5.82 Å². The zero-order valence-electron chi connectivity index (χ0n) is 11.8. The fraction of sp³-hybridized carbons (Fsp3) is 0.308. The second-order valence-corrected chi connectivity index (χ2v) is 5.94. The van der Waals surface area contributed by atoms with Gasteiger partial charge in [-0.3, -0.25) is 0 Å².